The molecule has 0 amide bonds. The van der Waals surface area contributed by atoms with Crippen molar-refractivity contribution in [2.45, 2.75) is 53.4 Å². The Kier molecular flexibility index (Phi) is 23.4. The Hall–Kier alpha value is -2.03. The average Bonchev–Trinajstić information content (AvgIpc) is 2.78. The summed E-state index contributed by atoms with van der Waals surface area (Å²) in [6.45, 7) is 12.7. The Morgan fingerprint density at radius 3 is 1.90 bits per heavy atom. The summed E-state index contributed by atoms with van der Waals surface area (Å²) >= 11 is 5.58. The molecule has 0 spiro atoms. The molecular formula is C27H41ClO2. The molecule has 0 fully saturated rings. The Bertz CT molecular complexity index is 631. The zero-order chi connectivity index (χ0) is 23.0. The molecule has 0 heterocycles. The molecule has 2 rings (SSSR count). The minimum absolute atomic E-state index is 0.715. The second kappa shape index (κ2) is 23.3. The molecule has 0 bridgehead atoms. The maximum Gasteiger partial charge on any atom is 0.119 e. The van der Waals surface area contributed by atoms with Gasteiger partial charge in [0.1, 0.15) is 5.75 Å². The van der Waals surface area contributed by atoms with Crippen LogP contribution in [0, 0.1) is 13.8 Å². The number of allylic oxidation sites excluding steroid dienone is 2. The number of ether oxygens (including phenoxy) is 1. The van der Waals surface area contributed by atoms with Crippen LogP contribution in [0.4, 0.5) is 0 Å². The summed E-state index contributed by atoms with van der Waals surface area (Å²) < 4.78 is 5.43. The zero-order valence-electron chi connectivity index (χ0n) is 19.5. The van der Waals surface area contributed by atoms with Crippen LogP contribution in [0.2, 0.25) is 0 Å². The molecule has 168 valence electrons. The van der Waals surface area contributed by atoms with E-state index in [1.165, 1.54) is 16.7 Å². The number of aryl methyl sites for hydroxylation is 3. The van der Waals surface area contributed by atoms with Gasteiger partial charge in [0.2, 0.25) is 0 Å². The van der Waals surface area contributed by atoms with E-state index in [0.29, 0.717) is 6.61 Å². The van der Waals surface area contributed by atoms with E-state index < -0.39 is 0 Å². The van der Waals surface area contributed by atoms with E-state index in [0.717, 1.165) is 44.4 Å². The van der Waals surface area contributed by atoms with Crippen molar-refractivity contribution in [3.63, 3.8) is 0 Å². The third-order valence-electron chi connectivity index (χ3n) is 3.80. The van der Waals surface area contributed by atoms with E-state index in [9.17, 15) is 0 Å². The van der Waals surface area contributed by atoms with Crippen LogP contribution in [-0.2, 0) is 6.42 Å². The predicted molar refractivity (Wildman–Crippen MR) is 135 cm³/mol. The molecule has 0 unspecified atom stereocenters. The molecule has 0 atom stereocenters. The first-order chi connectivity index (χ1) is 14.6. The summed E-state index contributed by atoms with van der Waals surface area (Å²) in [6.07, 6.45) is 10.3. The fraction of sp³-hybridized carbons (Fsp3) is 0.407. The molecule has 1 N–H and O–H groups in total. The first-order valence-electron chi connectivity index (χ1n) is 10.5. The number of alkyl halides is 1. The first kappa shape index (κ1) is 30.2. The van der Waals surface area contributed by atoms with Gasteiger partial charge in [0.25, 0.3) is 0 Å². The molecule has 30 heavy (non-hydrogen) atoms. The third-order valence-corrected chi connectivity index (χ3v) is 4.07. The maximum atomic E-state index is 7.00. The van der Waals surface area contributed by atoms with Gasteiger partial charge in [-0.05, 0) is 64.2 Å². The molecular weight excluding hydrogens is 392 g/mol. The summed E-state index contributed by atoms with van der Waals surface area (Å²) in [6, 6.07) is 16.7. The van der Waals surface area contributed by atoms with Crippen molar-refractivity contribution >= 4 is 11.6 Å². The predicted octanol–water partition coefficient (Wildman–Crippen LogP) is 7.70. The van der Waals surface area contributed by atoms with Gasteiger partial charge in [-0.15, -0.1) is 18.2 Å². The maximum absolute atomic E-state index is 7.00. The molecule has 0 aliphatic carbocycles. The van der Waals surface area contributed by atoms with E-state index in [-0.39, 0.29) is 0 Å². The second-order valence-corrected chi connectivity index (χ2v) is 6.87. The molecule has 0 aliphatic heterocycles. The summed E-state index contributed by atoms with van der Waals surface area (Å²) in [4.78, 5) is 0. The molecule has 3 heteroatoms. The Labute approximate surface area is 190 Å². The number of hydrogen-bond donors (Lipinski definition) is 1. The Morgan fingerprint density at radius 2 is 1.50 bits per heavy atom. The van der Waals surface area contributed by atoms with Gasteiger partial charge < -0.3 is 9.84 Å². The summed E-state index contributed by atoms with van der Waals surface area (Å²) in [5.41, 5.74) is 3.96. The summed E-state index contributed by atoms with van der Waals surface area (Å²) in [5, 5.41) is 7.00. The summed E-state index contributed by atoms with van der Waals surface area (Å²) in [7, 11) is 1.00. The van der Waals surface area contributed by atoms with Crippen LogP contribution in [0.5, 0.6) is 5.75 Å². The lowest BCUT2D eigenvalue weighted by molar-refractivity contribution is 0.325. The lowest BCUT2D eigenvalue weighted by Gasteiger charge is -2.03. The van der Waals surface area contributed by atoms with Gasteiger partial charge in [-0.1, -0.05) is 72.7 Å². The van der Waals surface area contributed by atoms with Crippen LogP contribution in [-0.4, -0.2) is 24.7 Å². The van der Waals surface area contributed by atoms with Crippen LogP contribution in [0.15, 0.2) is 73.3 Å². The van der Waals surface area contributed by atoms with E-state index in [1.807, 2.05) is 37.3 Å². The van der Waals surface area contributed by atoms with Crippen molar-refractivity contribution in [2.75, 3.05) is 19.6 Å². The van der Waals surface area contributed by atoms with E-state index in [2.05, 4.69) is 63.8 Å². The fourth-order valence-corrected chi connectivity index (χ4v) is 2.29. The van der Waals surface area contributed by atoms with Crippen molar-refractivity contribution in [1.29, 1.82) is 0 Å². The highest BCUT2D eigenvalue weighted by Crippen LogP contribution is 2.11. The van der Waals surface area contributed by atoms with Gasteiger partial charge in [-0.3, -0.25) is 0 Å². The number of aliphatic hydroxyl groups excluding tert-OH is 1. The lowest BCUT2D eigenvalue weighted by atomic mass is 10.1. The number of hydrogen-bond acceptors (Lipinski definition) is 2. The fourth-order valence-electron chi connectivity index (χ4n) is 2.16. The highest BCUT2D eigenvalue weighted by molar-refractivity contribution is 6.17. The van der Waals surface area contributed by atoms with Gasteiger partial charge in [0.05, 0.1) is 6.61 Å². The minimum atomic E-state index is 0.715. The highest BCUT2D eigenvalue weighted by Gasteiger charge is 1.91. The van der Waals surface area contributed by atoms with Gasteiger partial charge in [-0.25, -0.2) is 0 Å². The average molecular weight is 433 g/mol. The van der Waals surface area contributed by atoms with Crippen molar-refractivity contribution < 1.29 is 9.84 Å². The third kappa shape index (κ3) is 19.3. The Morgan fingerprint density at radius 1 is 0.967 bits per heavy atom. The minimum Gasteiger partial charge on any atom is -0.493 e. The molecule has 2 aromatic rings. The zero-order valence-corrected chi connectivity index (χ0v) is 20.3. The van der Waals surface area contributed by atoms with Crippen molar-refractivity contribution in [1.82, 2.24) is 0 Å². The highest BCUT2D eigenvalue weighted by atomic mass is 35.5. The van der Waals surface area contributed by atoms with Crippen molar-refractivity contribution in [3.8, 4) is 5.75 Å². The quantitative estimate of drug-likeness (QED) is 0.263. The van der Waals surface area contributed by atoms with Gasteiger partial charge in [0.15, 0.2) is 0 Å². The molecule has 0 saturated carbocycles. The number of halogens is 1. The van der Waals surface area contributed by atoms with Crippen molar-refractivity contribution in [2.24, 2.45) is 0 Å². The van der Waals surface area contributed by atoms with Crippen molar-refractivity contribution in [3.05, 3.63) is 90.0 Å². The first-order valence-corrected chi connectivity index (χ1v) is 11.1. The SMILES string of the molecule is C/C=C/CC.C=CCCOc1ccc(C)cc1.CO.Cc1ccc(CCCCl)cc1. The normalized spacial score (nSPS) is 9.30. The van der Waals surface area contributed by atoms with Crippen LogP contribution in [0.25, 0.3) is 0 Å². The smallest absolute Gasteiger partial charge is 0.119 e. The topological polar surface area (TPSA) is 29.5 Å². The van der Waals surface area contributed by atoms with Crippen LogP contribution >= 0.6 is 11.6 Å². The van der Waals surface area contributed by atoms with Crippen LogP contribution in [0.1, 0.15) is 49.8 Å². The number of aliphatic hydroxyl groups is 1. The van der Waals surface area contributed by atoms with E-state index in [1.54, 1.807) is 0 Å². The molecule has 0 aliphatic rings. The number of benzene rings is 2. The monoisotopic (exact) mass is 432 g/mol. The molecule has 0 aromatic heterocycles. The summed E-state index contributed by atoms with van der Waals surface area (Å²) in [5.74, 6) is 1.69. The van der Waals surface area contributed by atoms with Gasteiger partial charge in [0, 0.05) is 13.0 Å². The van der Waals surface area contributed by atoms with Crippen LogP contribution < -0.4 is 4.74 Å². The Balaban J connectivity index is 0. The second-order valence-electron chi connectivity index (χ2n) is 6.49. The largest absolute Gasteiger partial charge is 0.493 e. The van der Waals surface area contributed by atoms with E-state index in [4.69, 9.17) is 21.4 Å². The van der Waals surface area contributed by atoms with Crippen LogP contribution in [0.3, 0.4) is 0 Å². The molecule has 0 radical (unpaired) electrons. The molecule has 0 saturated heterocycles. The molecule has 2 aromatic carbocycles. The van der Waals surface area contributed by atoms with Gasteiger partial charge >= 0.3 is 0 Å². The standard InChI is InChI=1S/C11H14O.C10H13Cl.C5H10.CH4O/c1-3-4-9-12-11-7-5-10(2)6-8-11;1-9-4-6-10(7-5-9)3-2-8-11;1-3-5-4-2;1-2/h3,5-8H,1,4,9H2,2H3;4-7H,2-3,8H2,1H3;3,5H,4H2,1-2H3;2H,1H3/b;;5-3+;. The lowest BCUT2D eigenvalue weighted by Crippen LogP contribution is -1.94. The van der Waals surface area contributed by atoms with E-state index >= 15 is 0 Å². The van der Waals surface area contributed by atoms with Gasteiger partial charge in [-0.2, -0.15) is 0 Å². The molecule has 2 nitrogen and oxygen atoms in total. The number of rotatable bonds is 8.